The van der Waals surface area contributed by atoms with Crippen LogP contribution in [0.25, 0.3) is 6.08 Å². The summed E-state index contributed by atoms with van der Waals surface area (Å²) < 4.78 is 11.6. The minimum Gasteiger partial charge on any atom is -0.493 e. The number of nitrogens with zero attached hydrogens (tertiary/aromatic N) is 1. The van der Waals surface area contributed by atoms with Crippen LogP contribution >= 0.6 is 27.7 Å². The highest BCUT2D eigenvalue weighted by Gasteiger charge is 2.33. The molecule has 30 heavy (non-hydrogen) atoms. The molecule has 7 nitrogen and oxygen atoms in total. The predicted octanol–water partition coefficient (Wildman–Crippen LogP) is 4.53. The summed E-state index contributed by atoms with van der Waals surface area (Å²) in [4.78, 5) is 37.8. The Labute approximate surface area is 186 Å². The SMILES string of the molecule is CCN1C(=O)S/C(=C/c2cc(OC)c(OCC(=O)Nc3ccccc3)cc2Br)C1=O. The molecule has 1 N–H and O–H groups in total. The Hall–Kier alpha value is -2.78. The molecule has 0 aliphatic carbocycles. The number of hydrogen-bond donors (Lipinski definition) is 1. The average molecular weight is 491 g/mol. The summed E-state index contributed by atoms with van der Waals surface area (Å²) in [5, 5.41) is 2.45. The van der Waals surface area contributed by atoms with Crippen LogP contribution in [-0.4, -0.2) is 42.2 Å². The lowest BCUT2D eigenvalue weighted by Crippen LogP contribution is -2.27. The van der Waals surface area contributed by atoms with Crippen molar-refractivity contribution in [1.82, 2.24) is 4.90 Å². The van der Waals surface area contributed by atoms with Crippen molar-refractivity contribution in [2.24, 2.45) is 0 Å². The number of methoxy groups -OCH3 is 1. The lowest BCUT2D eigenvalue weighted by atomic mass is 10.2. The van der Waals surface area contributed by atoms with Crippen molar-refractivity contribution in [3.8, 4) is 11.5 Å². The Morgan fingerprint density at radius 2 is 1.93 bits per heavy atom. The molecule has 0 spiro atoms. The van der Waals surface area contributed by atoms with E-state index in [-0.39, 0.29) is 23.7 Å². The zero-order chi connectivity index (χ0) is 21.7. The second kappa shape index (κ2) is 9.82. The minimum absolute atomic E-state index is 0.202. The Morgan fingerprint density at radius 3 is 2.57 bits per heavy atom. The molecule has 1 fully saturated rings. The number of imide groups is 1. The highest BCUT2D eigenvalue weighted by atomic mass is 79.9. The molecule has 1 aliphatic heterocycles. The number of ether oxygens (including phenoxy) is 2. The molecule has 0 atom stereocenters. The Kier molecular flexibility index (Phi) is 7.17. The first-order valence-electron chi connectivity index (χ1n) is 9.03. The fourth-order valence-corrected chi connectivity index (χ4v) is 4.04. The third kappa shape index (κ3) is 5.03. The van der Waals surface area contributed by atoms with E-state index in [2.05, 4.69) is 21.2 Å². The normalized spacial score (nSPS) is 14.9. The molecular weight excluding hydrogens is 472 g/mol. The number of para-hydroxylation sites is 1. The molecule has 9 heteroatoms. The molecule has 0 bridgehead atoms. The van der Waals surface area contributed by atoms with Crippen LogP contribution in [0.5, 0.6) is 11.5 Å². The van der Waals surface area contributed by atoms with Crippen LogP contribution in [0.1, 0.15) is 12.5 Å². The molecule has 0 aromatic heterocycles. The van der Waals surface area contributed by atoms with Crippen molar-refractivity contribution in [3.05, 3.63) is 57.4 Å². The van der Waals surface area contributed by atoms with Crippen molar-refractivity contribution in [3.63, 3.8) is 0 Å². The number of likely N-dealkylation sites (N-methyl/N-ethyl adjacent to an activating group) is 1. The summed E-state index contributed by atoms with van der Waals surface area (Å²) in [5.41, 5.74) is 1.32. The van der Waals surface area contributed by atoms with Gasteiger partial charge in [0.1, 0.15) is 0 Å². The van der Waals surface area contributed by atoms with Gasteiger partial charge in [-0.3, -0.25) is 19.3 Å². The summed E-state index contributed by atoms with van der Waals surface area (Å²) in [5.74, 6) is 0.131. The minimum atomic E-state index is -0.323. The van der Waals surface area contributed by atoms with Crippen LogP contribution in [0, 0.1) is 0 Å². The van der Waals surface area contributed by atoms with Crippen molar-refractivity contribution >= 4 is 56.5 Å². The molecule has 1 aliphatic rings. The van der Waals surface area contributed by atoms with E-state index in [1.54, 1.807) is 37.3 Å². The number of thioether (sulfide) groups is 1. The van der Waals surface area contributed by atoms with E-state index in [4.69, 9.17) is 9.47 Å². The van der Waals surface area contributed by atoms with Gasteiger partial charge in [0, 0.05) is 16.7 Å². The van der Waals surface area contributed by atoms with Gasteiger partial charge in [0.05, 0.1) is 12.0 Å². The maximum atomic E-state index is 12.3. The number of nitrogens with one attached hydrogen (secondary N) is 1. The zero-order valence-corrected chi connectivity index (χ0v) is 18.7. The number of rotatable bonds is 7. The molecule has 0 saturated carbocycles. The molecule has 3 rings (SSSR count). The number of hydrogen-bond acceptors (Lipinski definition) is 6. The van der Waals surface area contributed by atoms with Gasteiger partial charge in [0.2, 0.25) is 0 Å². The smallest absolute Gasteiger partial charge is 0.293 e. The van der Waals surface area contributed by atoms with Crippen molar-refractivity contribution in [1.29, 1.82) is 0 Å². The molecule has 0 unspecified atom stereocenters. The Morgan fingerprint density at radius 1 is 1.20 bits per heavy atom. The van der Waals surface area contributed by atoms with E-state index in [1.807, 2.05) is 18.2 Å². The lowest BCUT2D eigenvalue weighted by Gasteiger charge is -2.13. The number of benzene rings is 2. The second-order valence-electron chi connectivity index (χ2n) is 6.15. The van der Waals surface area contributed by atoms with Gasteiger partial charge in [-0.25, -0.2) is 0 Å². The maximum Gasteiger partial charge on any atom is 0.293 e. The number of amides is 3. The lowest BCUT2D eigenvalue weighted by molar-refractivity contribution is -0.122. The third-order valence-electron chi connectivity index (χ3n) is 4.18. The van der Waals surface area contributed by atoms with E-state index in [9.17, 15) is 14.4 Å². The van der Waals surface area contributed by atoms with Crippen LogP contribution in [0.4, 0.5) is 10.5 Å². The Bertz CT molecular complexity index is 1010. The van der Waals surface area contributed by atoms with Gasteiger partial charge in [-0.05, 0) is 54.6 Å². The van der Waals surface area contributed by atoms with Crippen LogP contribution in [0.3, 0.4) is 0 Å². The third-order valence-corrected chi connectivity index (χ3v) is 5.77. The molecule has 1 saturated heterocycles. The Balaban J connectivity index is 1.74. The number of halogens is 1. The summed E-state index contributed by atoms with van der Waals surface area (Å²) in [6.45, 7) is 1.87. The first kappa shape index (κ1) is 21.9. The second-order valence-corrected chi connectivity index (χ2v) is 8.00. The molecule has 0 radical (unpaired) electrons. The molecule has 2 aromatic rings. The van der Waals surface area contributed by atoms with Crippen LogP contribution < -0.4 is 14.8 Å². The zero-order valence-electron chi connectivity index (χ0n) is 16.3. The van der Waals surface area contributed by atoms with Crippen LogP contribution in [-0.2, 0) is 9.59 Å². The summed E-state index contributed by atoms with van der Waals surface area (Å²) in [7, 11) is 1.48. The first-order chi connectivity index (χ1) is 14.4. The molecule has 156 valence electrons. The van der Waals surface area contributed by atoms with Gasteiger partial charge in [-0.15, -0.1) is 0 Å². The first-order valence-corrected chi connectivity index (χ1v) is 10.6. The van der Waals surface area contributed by atoms with Crippen LogP contribution in [0.2, 0.25) is 0 Å². The number of carbonyl (C=O) groups is 3. The highest BCUT2D eigenvalue weighted by molar-refractivity contribution is 9.10. The quantitative estimate of drug-likeness (QED) is 0.573. The molecule has 1 heterocycles. The number of anilines is 1. The van der Waals surface area contributed by atoms with Crippen molar-refractivity contribution in [2.75, 3.05) is 25.6 Å². The van der Waals surface area contributed by atoms with E-state index >= 15 is 0 Å². The molecular formula is C21H19BrN2O5S. The standard InChI is InChI=1S/C21H19BrN2O5S/c1-3-24-20(26)18(30-21(24)27)10-13-9-16(28-2)17(11-15(13)22)29-12-19(25)23-14-7-5-4-6-8-14/h4-11H,3,12H2,1-2H3,(H,23,25)/b18-10+. The fourth-order valence-electron chi connectivity index (χ4n) is 2.71. The summed E-state index contributed by atoms with van der Waals surface area (Å²) in [6.07, 6.45) is 1.62. The van der Waals surface area contributed by atoms with Crippen molar-refractivity contribution < 1.29 is 23.9 Å². The monoisotopic (exact) mass is 490 g/mol. The highest BCUT2D eigenvalue weighted by Crippen LogP contribution is 2.38. The number of carbonyl (C=O) groups excluding carboxylic acids is 3. The predicted molar refractivity (Wildman–Crippen MR) is 120 cm³/mol. The van der Waals surface area contributed by atoms with Gasteiger partial charge in [0.15, 0.2) is 18.1 Å². The van der Waals surface area contributed by atoms with E-state index in [1.165, 1.54) is 12.0 Å². The van der Waals surface area contributed by atoms with Gasteiger partial charge in [0.25, 0.3) is 17.1 Å². The van der Waals surface area contributed by atoms with Gasteiger partial charge in [-0.1, -0.05) is 34.1 Å². The summed E-state index contributed by atoms with van der Waals surface area (Å²) in [6, 6.07) is 12.4. The topological polar surface area (TPSA) is 84.9 Å². The van der Waals surface area contributed by atoms with Gasteiger partial charge < -0.3 is 14.8 Å². The largest absolute Gasteiger partial charge is 0.493 e. The summed E-state index contributed by atoms with van der Waals surface area (Å²) >= 11 is 4.34. The van der Waals surface area contributed by atoms with E-state index in [0.717, 1.165) is 11.8 Å². The van der Waals surface area contributed by atoms with E-state index in [0.29, 0.717) is 38.7 Å². The fraction of sp³-hybridized carbons (Fsp3) is 0.190. The molecule has 3 amide bonds. The molecule has 2 aromatic carbocycles. The average Bonchev–Trinajstić information content (AvgIpc) is 3.01. The maximum absolute atomic E-state index is 12.3. The van der Waals surface area contributed by atoms with E-state index < -0.39 is 0 Å². The van der Waals surface area contributed by atoms with Gasteiger partial charge in [-0.2, -0.15) is 0 Å². The van der Waals surface area contributed by atoms with Crippen molar-refractivity contribution in [2.45, 2.75) is 6.92 Å². The van der Waals surface area contributed by atoms with Crippen LogP contribution in [0.15, 0.2) is 51.8 Å². The van der Waals surface area contributed by atoms with Gasteiger partial charge >= 0.3 is 0 Å².